The van der Waals surface area contributed by atoms with E-state index >= 15 is 0 Å². The predicted octanol–water partition coefficient (Wildman–Crippen LogP) is 4.44. The van der Waals surface area contributed by atoms with Crippen LogP contribution in [0.3, 0.4) is 0 Å². The average molecular weight is 332 g/mol. The highest BCUT2D eigenvalue weighted by atomic mass is 79.9. The number of nitrogens with two attached hydrogens (primary N) is 1. The summed E-state index contributed by atoms with van der Waals surface area (Å²) < 4.78 is 14.4. The van der Waals surface area contributed by atoms with Crippen molar-refractivity contribution >= 4 is 39.0 Å². The summed E-state index contributed by atoms with van der Waals surface area (Å²) in [7, 11) is 0. The van der Waals surface area contributed by atoms with E-state index in [1.54, 1.807) is 23.5 Å². The molecule has 0 fully saturated rings. The van der Waals surface area contributed by atoms with Gasteiger partial charge in [0.05, 0.1) is 0 Å². The number of thioether (sulfide) groups is 1. The van der Waals surface area contributed by atoms with E-state index < -0.39 is 0 Å². The van der Waals surface area contributed by atoms with Crippen LogP contribution in [0.1, 0.15) is 11.6 Å². The molecule has 2 rings (SSSR count). The van der Waals surface area contributed by atoms with Crippen LogP contribution in [0.15, 0.2) is 44.4 Å². The molecule has 1 aromatic carbocycles. The van der Waals surface area contributed by atoms with Crippen LogP contribution in [0.4, 0.5) is 4.39 Å². The van der Waals surface area contributed by atoms with Gasteiger partial charge in [-0.1, -0.05) is 12.1 Å². The molecule has 0 saturated heterocycles. The third-order valence-corrected chi connectivity index (χ3v) is 5.22. The van der Waals surface area contributed by atoms with Gasteiger partial charge in [0.25, 0.3) is 0 Å². The van der Waals surface area contributed by atoms with Gasteiger partial charge in [0.1, 0.15) is 5.82 Å². The lowest BCUT2D eigenvalue weighted by Gasteiger charge is -2.10. The minimum atomic E-state index is -0.186. The Morgan fingerprint density at radius 2 is 2.12 bits per heavy atom. The second-order valence-corrected chi connectivity index (χ2v) is 6.18. The van der Waals surface area contributed by atoms with Gasteiger partial charge in [-0.05, 0) is 39.0 Å². The second kappa shape index (κ2) is 6.00. The summed E-state index contributed by atoms with van der Waals surface area (Å²) >= 11 is 6.51. The Morgan fingerprint density at radius 3 is 2.76 bits per heavy atom. The van der Waals surface area contributed by atoms with Crippen molar-refractivity contribution in [2.45, 2.75) is 10.9 Å². The molecule has 1 unspecified atom stereocenters. The normalized spacial score (nSPS) is 12.6. The predicted molar refractivity (Wildman–Crippen MR) is 76.1 cm³/mol. The maximum atomic E-state index is 13.4. The van der Waals surface area contributed by atoms with Crippen molar-refractivity contribution in [3.63, 3.8) is 0 Å². The molecule has 0 radical (unpaired) electrons. The van der Waals surface area contributed by atoms with Crippen molar-refractivity contribution in [3.8, 4) is 0 Å². The summed E-state index contributed by atoms with van der Waals surface area (Å²) in [6.45, 7) is 0. The van der Waals surface area contributed by atoms with Crippen molar-refractivity contribution in [1.82, 2.24) is 0 Å². The molecule has 1 atom stereocenters. The Morgan fingerprint density at radius 1 is 1.35 bits per heavy atom. The van der Waals surface area contributed by atoms with Crippen molar-refractivity contribution in [2.24, 2.45) is 5.73 Å². The highest BCUT2D eigenvalue weighted by Crippen LogP contribution is 2.30. The summed E-state index contributed by atoms with van der Waals surface area (Å²) in [5, 5.41) is 4.03. The molecule has 2 N–H and O–H groups in total. The van der Waals surface area contributed by atoms with Gasteiger partial charge in [0, 0.05) is 26.5 Å². The van der Waals surface area contributed by atoms with E-state index in [-0.39, 0.29) is 11.9 Å². The van der Waals surface area contributed by atoms with Crippen LogP contribution in [-0.2, 0) is 0 Å². The highest BCUT2D eigenvalue weighted by molar-refractivity contribution is 9.10. The molecule has 17 heavy (non-hydrogen) atoms. The van der Waals surface area contributed by atoms with Crippen LogP contribution < -0.4 is 5.73 Å². The summed E-state index contributed by atoms with van der Waals surface area (Å²) in [4.78, 5) is 0.648. The van der Waals surface area contributed by atoms with Gasteiger partial charge in [0.2, 0.25) is 0 Å². The number of halogens is 2. The lowest BCUT2D eigenvalue weighted by Crippen LogP contribution is -2.12. The monoisotopic (exact) mass is 331 g/mol. The van der Waals surface area contributed by atoms with E-state index in [0.717, 1.165) is 10.0 Å². The second-order valence-electron chi connectivity index (χ2n) is 3.52. The van der Waals surface area contributed by atoms with E-state index in [1.807, 2.05) is 16.8 Å². The minimum absolute atomic E-state index is 0.0831. The fourth-order valence-electron chi connectivity index (χ4n) is 1.39. The summed E-state index contributed by atoms with van der Waals surface area (Å²) in [5.41, 5.74) is 7.15. The van der Waals surface area contributed by atoms with E-state index in [2.05, 4.69) is 15.9 Å². The zero-order chi connectivity index (χ0) is 12.3. The smallest absolute Gasteiger partial charge is 0.136 e. The van der Waals surface area contributed by atoms with Gasteiger partial charge >= 0.3 is 0 Å². The summed E-state index contributed by atoms with van der Waals surface area (Å²) in [6.07, 6.45) is 0. The molecular weight excluding hydrogens is 321 g/mol. The number of rotatable bonds is 4. The molecule has 0 bridgehead atoms. The lowest BCUT2D eigenvalue weighted by molar-refractivity contribution is 0.602. The number of hydrogen-bond acceptors (Lipinski definition) is 3. The Balaban J connectivity index is 2.00. The summed E-state index contributed by atoms with van der Waals surface area (Å²) in [6, 6.07) is 6.68. The minimum Gasteiger partial charge on any atom is -0.323 e. The van der Waals surface area contributed by atoms with Crippen LogP contribution in [0, 0.1) is 5.82 Å². The first-order valence-electron chi connectivity index (χ1n) is 5.03. The van der Waals surface area contributed by atoms with Gasteiger partial charge in [0.15, 0.2) is 0 Å². The Labute approximate surface area is 116 Å². The molecule has 0 aliphatic carbocycles. The zero-order valence-corrected chi connectivity index (χ0v) is 12.1. The van der Waals surface area contributed by atoms with Crippen LogP contribution in [-0.4, -0.2) is 5.75 Å². The first-order chi connectivity index (χ1) is 8.18. The van der Waals surface area contributed by atoms with Gasteiger partial charge < -0.3 is 5.73 Å². The van der Waals surface area contributed by atoms with Crippen LogP contribution in [0.5, 0.6) is 0 Å². The third kappa shape index (κ3) is 3.31. The Bertz CT molecular complexity index is 501. The number of hydrogen-bond donors (Lipinski definition) is 1. The zero-order valence-electron chi connectivity index (χ0n) is 8.90. The molecule has 90 valence electrons. The van der Waals surface area contributed by atoms with Crippen molar-refractivity contribution in [3.05, 3.63) is 50.9 Å². The van der Waals surface area contributed by atoms with E-state index in [4.69, 9.17) is 5.73 Å². The molecule has 0 amide bonds. The SMILES string of the molecule is NC(CSc1ccccc1F)c1cscc1Br. The van der Waals surface area contributed by atoms with Crippen molar-refractivity contribution < 1.29 is 4.39 Å². The van der Waals surface area contributed by atoms with E-state index in [9.17, 15) is 4.39 Å². The maximum Gasteiger partial charge on any atom is 0.136 e. The fourth-order valence-corrected chi connectivity index (χ4v) is 3.96. The Hall–Kier alpha value is -0.360. The topological polar surface area (TPSA) is 26.0 Å². The highest BCUT2D eigenvalue weighted by Gasteiger charge is 2.12. The molecule has 1 aromatic heterocycles. The number of benzene rings is 1. The van der Waals surface area contributed by atoms with E-state index in [1.165, 1.54) is 17.8 Å². The number of thiophene rings is 1. The largest absolute Gasteiger partial charge is 0.323 e. The molecule has 1 heterocycles. The molecule has 1 nitrogen and oxygen atoms in total. The van der Waals surface area contributed by atoms with Crippen LogP contribution >= 0.6 is 39.0 Å². The Kier molecular flexibility index (Phi) is 4.62. The molecular formula is C12H11BrFNS2. The van der Waals surface area contributed by atoms with Gasteiger partial charge in [-0.25, -0.2) is 4.39 Å². The standard InChI is InChI=1S/C12H11BrFNS2/c13-9-6-16-5-8(9)11(15)7-17-12-4-2-1-3-10(12)14/h1-6,11H,7,15H2. The molecule has 5 heteroatoms. The van der Waals surface area contributed by atoms with Crippen LogP contribution in [0.2, 0.25) is 0 Å². The van der Waals surface area contributed by atoms with Gasteiger partial charge in [-0.15, -0.1) is 11.8 Å². The van der Waals surface area contributed by atoms with Crippen LogP contribution in [0.25, 0.3) is 0 Å². The molecule has 0 spiro atoms. The third-order valence-electron chi connectivity index (χ3n) is 2.30. The molecule has 0 aliphatic rings. The summed E-state index contributed by atoms with van der Waals surface area (Å²) in [5.74, 6) is 0.477. The molecule has 0 aliphatic heterocycles. The van der Waals surface area contributed by atoms with Crippen molar-refractivity contribution in [2.75, 3.05) is 5.75 Å². The maximum absolute atomic E-state index is 13.4. The molecule has 0 saturated carbocycles. The van der Waals surface area contributed by atoms with Gasteiger partial charge in [-0.3, -0.25) is 0 Å². The molecule has 2 aromatic rings. The average Bonchev–Trinajstić information content (AvgIpc) is 2.74. The fraction of sp³-hybridized carbons (Fsp3) is 0.167. The quantitative estimate of drug-likeness (QED) is 0.838. The van der Waals surface area contributed by atoms with Gasteiger partial charge in [-0.2, -0.15) is 11.3 Å². The first-order valence-corrected chi connectivity index (χ1v) is 7.75. The first kappa shape index (κ1) is 13.1. The lowest BCUT2D eigenvalue weighted by atomic mass is 10.2. The van der Waals surface area contributed by atoms with E-state index in [0.29, 0.717) is 10.6 Å². The van der Waals surface area contributed by atoms with Crippen molar-refractivity contribution in [1.29, 1.82) is 0 Å².